The van der Waals surface area contributed by atoms with Gasteiger partial charge in [0.05, 0.1) is 18.4 Å². The number of nitrogens with two attached hydrogens (primary N) is 2. The lowest BCUT2D eigenvalue weighted by atomic mass is 10.1. The fourth-order valence-electron chi connectivity index (χ4n) is 2.27. The molecule has 1 aliphatic heterocycles. The molecule has 1 aromatic heterocycles. The molecule has 2 rings (SSSR count). The zero-order valence-corrected chi connectivity index (χ0v) is 13.2. The third-order valence-corrected chi connectivity index (χ3v) is 3.87. The predicted molar refractivity (Wildman–Crippen MR) is 78.1 cm³/mol. The number of amides is 1. The standard InChI is InChI=1S/C11H16N4O8S/c1-24(20,21)23-7-5(3-16)22-10(6(7)17)15-2-4(9(13)18)8(12)14-11(15)19/h2,5-7,10,16-17H,3H2,1H3,(H2,13,18)(H2,12,14,19)/t5-,6-,7+,10-/m1/s1. The molecule has 1 aliphatic rings. The van der Waals surface area contributed by atoms with Crippen molar-refractivity contribution in [3.63, 3.8) is 0 Å². The molecule has 0 radical (unpaired) electrons. The SMILES string of the molecule is CS(=O)(=O)O[C@@H]1[C@@H](O)[C@H](n2cc(C(N)=O)c(N)nc2=O)O[C@@H]1CO. The molecule has 4 atom stereocenters. The monoisotopic (exact) mass is 364 g/mol. The van der Waals surface area contributed by atoms with Crippen LogP contribution in [-0.2, 0) is 19.0 Å². The molecule has 12 nitrogen and oxygen atoms in total. The third kappa shape index (κ3) is 3.54. The van der Waals surface area contributed by atoms with Crippen LogP contribution in [0.3, 0.4) is 0 Å². The van der Waals surface area contributed by atoms with Gasteiger partial charge in [0.25, 0.3) is 16.0 Å². The summed E-state index contributed by atoms with van der Waals surface area (Å²) in [4.78, 5) is 26.6. The molecule has 1 aromatic rings. The summed E-state index contributed by atoms with van der Waals surface area (Å²) in [7, 11) is -3.98. The first kappa shape index (κ1) is 18.3. The lowest BCUT2D eigenvalue weighted by Crippen LogP contribution is -2.39. The molecular weight excluding hydrogens is 348 g/mol. The Kier molecular flexibility index (Phi) is 4.91. The number of carbonyl (C=O) groups is 1. The first-order valence-electron chi connectivity index (χ1n) is 6.56. The topological polar surface area (TPSA) is 197 Å². The quantitative estimate of drug-likeness (QED) is 0.380. The molecule has 134 valence electrons. The van der Waals surface area contributed by atoms with Crippen LogP contribution in [0.25, 0.3) is 0 Å². The van der Waals surface area contributed by atoms with Gasteiger partial charge in [-0.25, -0.2) is 4.79 Å². The number of aliphatic hydroxyl groups is 2. The summed E-state index contributed by atoms with van der Waals surface area (Å²) in [6.07, 6.45) is -4.13. The maximum Gasteiger partial charge on any atom is 0.351 e. The van der Waals surface area contributed by atoms with Crippen molar-refractivity contribution in [1.82, 2.24) is 9.55 Å². The van der Waals surface area contributed by atoms with Crippen LogP contribution >= 0.6 is 0 Å². The van der Waals surface area contributed by atoms with Gasteiger partial charge >= 0.3 is 5.69 Å². The van der Waals surface area contributed by atoms with E-state index in [4.69, 9.17) is 20.4 Å². The average Bonchev–Trinajstić information content (AvgIpc) is 2.74. The number of hydrogen-bond acceptors (Lipinski definition) is 10. The maximum absolute atomic E-state index is 11.9. The van der Waals surface area contributed by atoms with Crippen LogP contribution in [0, 0.1) is 0 Å². The fraction of sp³-hybridized carbons (Fsp3) is 0.545. The minimum absolute atomic E-state index is 0.293. The van der Waals surface area contributed by atoms with Crippen molar-refractivity contribution in [1.29, 1.82) is 0 Å². The summed E-state index contributed by atoms with van der Waals surface area (Å²) in [5.41, 5.74) is 9.26. The second-order valence-electron chi connectivity index (χ2n) is 5.10. The van der Waals surface area contributed by atoms with Crippen molar-refractivity contribution in [2.75, 3.05) is 18.6 Å². The van der Waals surface area contributed by atoms with Crippen molar-refractivity contribution in [2.24, 2.45) is 5.73 Å². The van der Waals surface area contributed by atoms with Gasteiger partial charge in [0.1, 0.15) is 24.1 Å². The van der Waals surface area contributed by atoms with Crippen LogP contribution in [0.15, 0.2) is 11.0 Å². The molecule has 13 heteroatoms. The first-order chi connectivity index (χ1) is 11.0. The van der Waals surface area contributed by atoms with Crippen molar-refractivity contribution >= 4 is 21.8 Å². The van der Waals surface area contributed by atoms with Crippen molar-refractivity contribution in [3.05, 3.63) is 22.2 Å². The molecule has 1 fully saturated rings. The van der Waals surface area contributed by atoms with Gasteiger partial charge in [-0.05, 0) is 0 Å². The highest BCUT2D eigenvalue weighted by molar-refractivity contribution is 7.86. The molecule has 0 unspecified atom stereocenters. The van der Waals surface area contributed by atoms with E-state index in [9.17, 15) is 28.2 Å². The maximum atomic E-state index is 11.9. The van der Waals surface area contributed by atoms with Crippen LogP contribution in [0.1, 0.15) is 16.6 Å². The second-order valence-corrected chi connectivity index (χ2v) is 6.70. The minimum atomic E-state index is -3.98. The summed E-state index contributed by atoms with van der Waals surface area (Å²) in [5, 5.41) is 19.5. The Labute approximate surface area is 135 Å². The molecule has 0 aliphatic carbocycles. The normalized spacial score (nSPS) is 27.3. The Morgan fingerprint density at radius 3 is 2.67 bits per heavy atom. The van der Waals surface area contributed by atoms with Crippen LogP contribution in [-0.4, -0.2) is 65.3 Å². The van der Waals surface area contributed by atoms with Gasteiger partial charge in [-0.3, -0.25) is 13.5 Å². The Morgan fingerprint density at radius 1 is 1.54 bits per heavy atom. The van der Waals surface area contributed by atoms with E-state index >= 15 is 0 Å². The molecule has 0 spiro atoms. The van der Waals surface area contributed by atoms with Gasteiger partial charge in [-0.15, -0.1) is 0 Å². The Balaban J connectivity index is 2.45. The molecule has 1 saturated heterocycles. The highest BCUT2D eigenvalue weighted by atomic mass is 32.2. The molecule has 1 amide bonds. The molecule has 24 heavy (non-hydrogen) atoms. The number of aliphatic hydroxyl groups excluding tert-OH is 2. The third-order valence-electron chi connectivity index (χ3n) is 3.30. The van der Waals surface area contributed by atoms with E-state index in [-0.39, 0.29) is 5.56 Å². The number of ether oxygens (including phenoxy) is 1. The number of anilines is 1. The average molecular weight is 364 g/mol. The largest absolute Gasteiger partial charge is 0.394 e. The lowest BCUT2D eigenvalue weighted by molar-refractivity contribution is -0.0543. The van der Waals surface area contributed by atoms with E-state index in [2.05, 4.69) is 4.98 Å². The van der Waals surface area contributed by atoms with E-state index in [0.717, 1.165) is 17.0 Å². The molecule has 0 saturated carbocycles. The number of rotatable bonds is 5. The number of carbonyl (C=O) groups excluding carboxylic acids is 1. The van der Waals surface area contributed by atoms with Crippen molar-refractivity contribution in [3.8, 4) is 0 Å². The number of primary amides is 1. The zero-order valence-electron chi connectivity index (χ0n) is 12.4. The van der Waals surface area contributed by atoms with Gasteiger partial charge in [-0.1, -0.05) is 0 Å². The highest BCUT2D eigenvalue weighted by Crippen LogP contribution is 2.31. The first-order valence-corrected chi connectivity index (χ1v) is 8.38. The zero-order chi connectivity index (χ0) is 18.2. The van der Waals surface area contributed by atoms with Crippen molar-refractivity contribution in [2.45, 2.75) is 24.5 Å². The van der Waals surface area contributed by atoms with E-state index in [1.807, 2.05) is 0 Å². The van der Waals surface area contributed by atoms with E-state index in [1.165, 1.54) is 0 Å². The van der Waals surface area contributed by atoms with Gasteiger partial charge in [0, 0.05) is 6.20 Å². The summed E-state index contributed by atoms with van der Waals surface area (Å²) < 4.78 is 33.2. The van der Waals surface area contributed by atoms with E-state index in [1.54, 1.807) is 0 Å². The molecule has 2 heterocycles. The molecule has 6 N–H and O–H groups in total. The van der Waals surface area contributed by atoms with Crippen LogP contribution in [0.4, 0.5) is 5.82 Å². The minimum Gasteiger partial charge on any atom is -0.394 e. The summed E-state index contributed by atoms with van der Waals surface area (Å²) in [5.74, 6) is -1.37. The fourth-order valence-corrected chi connectivity index (χ4v) is 2.91. The van der Waals surface area contributed by atoms with Crippen molar-refractivity contribution < 1.29 is 32.3 Å². The smallest absolute Gasteiger partial charge is 0.351 e. The molecule has 0 bridgehead atoms. The van der Waals surface area contributed by atoms with Gasteiger partial charge in [0.2, 0.25) is 0 Å². The van der Waals surface area contributed by atoms with Crippen LogP contribution < -0.4 is 17.2 Å². The van der Waals surface area contributed by atoms with Crippen LogP contribution in [0.5, 0.6) is 0 Å². The summed E-state index contributed by atoms with van der Waals surface area (Å²) in [6, 6.07) is 0. The van der Waals surface area contributed by atoms with E-state index < -0.39 is 58.7 Å². The number of nitrogens with zero attached hydrogens (tertiary/aromatic N) is 2. The predicted octanol–water partition coefficient (Wildman–Crippen LogP) is -3.48. The van der Waals surface area contributed by atoms with Gasteiger partial charge in [-0.2, -0.15) is 13.4 Å². The molecule has 0 aromatic carbocycles. The second kappa shape index (κ2) is 6.45. The highest BCUT2D eigenvalue weighted by Gasteiger charge is 2.47. The Bertz CT molecular complexity index is 807. The summed E-state index contributed by atoms with van der Waals surface area (Å²) in [6.45, 7) is -0.687. The number of hydrogen-bond donors (Lipinski definition) is 4. The van der Waals surface area contributed by atoms with E-state index in [0.29, 0.717) is 0 Å². The summed E-state index contributed by atoms with van der Waals surface area (Å²) >= 11 is 0. The Morgan fingerprint density at radius 2 is 2.17 bits per heavy atom. The Hall–Kier alpha value is -2.06. The van der Waals surface area contributed by atoms with Gasteiger partial charge in [0.15, 0.2) is 6.23 Å². The van der Waals surface area contributed by atoms with Crippen LogP contribution in [0.2, 0.25) is 0 Å². The lowest BCUT2D eigenvalue weighted by Gasteiger charge is -2.19. The number of aromatic nitrogens is 2. The molecular formula is C11H16N4O8S. The number of nitrogen functional groups attached to an aromatic ring is 1. The van der Waals surface area contributed by atoms with Gasteiger partial charge < -0.3 is 26.4 Å².